The lowest BCUT2D eigenvalue weighted by atomic mass is 9.93. The molecule has 2 aliphatic rings. The molecular weight excluding hydrogens is 672 g/mol. The number of nitrogens with one attached hydrogen (secondary N) is 3. The van der Waals surface area contributed by atoms with Crippen molar-refractivity contribution in [3.8, 4) is 0 Å². The first-order valence-electron chi connectivity index (χ1n) is 19.3. The molecule has 0 aliphatic carbocycles. The Labute approximate surface area is 313 Å². The van der Waals surface area contributed by atoms with Gasteiger partial charge in [0, 0.05) is 24.5 Å². The van der Waals surface area contributed by atoms with E-state index in [9.17, 15) is 19.2 Å². The fourth-order valence-corrected chi connectivity index (χ4v) is 7.27. The SMILES string of the molecule is CC/C(CCCCC[C@@H]1NC(=O)[C@H]2CCCCN2C(=O)[C@H](C(C)CC)NC(=O)[C@H](Cc2cn(OC)c3ccccc23)NC1=O)=N\OCc1ccccc1. The van der Waals surface area contributed by atoms with Crippen LogP contribution in [0.25, 0.3) is 10.9 Å². The van der Waals surface area contributed by atoms with E-state index in [1.54, 1.807) is 16.7 Å². The second-order valence-corrected chi connectivity index (χ2v) is 14.3. The number of unbranched alkanes of at least 4 members (excludes halogenated alkanes) is 2. The number of hydrogen-bond acceptors (Lipinski definition) is 7. The summed E-state index contributed by atoms with van der Waals surface area (Å²) in [5.41, 5.74) is 3.66. The summed E-state index contributed by atoms with van der Waals surface area (Å²) in [6.07, 6.45) is 8.94. The number of hydrogen-bond donors (Lipinski definition) is 3. The van der Waals surface area contributed by atoms with E-state index in [4.69, 9.17) is 9.68 Å². The van der Waals surface area contributed by atoms with Crippen molar-refractivity contribution in [2.45, 2.75) is 122 Å². The highest BCUT2D eigenvalue weighted by Crippen LogP contribution is 2.25. The van der Waals surface area contributed by atoms with Crippen LogP contribution in [0.3, 0.4) is 0 Å². The molecule has 0 spiro atoms. The van der Waals surface area contributed by atoms with Crippen molar-refractivity contribution < 1.29 is 28.9 Å². The van der Waals surface area contributed by atoms with Crippen molar-refractivity contribution in [1.82, 2.24) is 25.6 Å². The van der Waals surface area contributed by atoms with Crippen LogP contribution in [0.5, 0.6) is 0 Å². The summed E-state index contributed by atoms with van der Waals surface area (Å²) in [5.74, 6) is -1.64. The predicted molar refractivity (Wildman–Crippen MR) is 205 cm³/mol. The summed E-state index contributed by atoms with van der Waals surface area (Å²) in [6, 6.07) is 14.2. The zero-order valence-corrected chi connectivity index (χ0v) is 31.6. The third-order valence-corrected chi connectivity index (χ3v) is 10.6. The minimum absolute atomic E-state index is 0.161. The molecule has 12 nitrogen and oxygen atoms in total. The third kappa shape index (κ3) is 10.2. The van der Waals surface area contributed by atoms with E-state index < -0.39 is 36.0 Å². The van der Waals surface area contributed by atoms with Crippen LogP contribution in [-0.4, -0.2) is 76.8 Å². The van der Waals surface area contributed by atoms with Crippen LogP contribution in [0, 0.1) is 5.92 Å². The minimum atomic E-state index is -1.01. The number of aromatic nitrogens is 1. The van der Waals surface area contributed by atoms with Gasteiger partial charge in [0.15, 0.2) is 0 Å². The fourth-order valence-electron chi connectivity index (χ4n) is 7.27. The zero-order chi connectivity index (χ0) is 37.7. The predicted octanol–water partition coefficient (Wildman–Crippen LogP) is 5.07. The van der Waals surface area contributed by atoms with Crippen LogP contribution in [0.2, 0.25) is 0 Å². The molecule has 2 fully saturated rings. The first-order valence-corrected chi connectivity index (χ1v) is 19.3. The maximum atomic E-state index is 14.2. The topological polar surface area (TPSA) is 143 Å². The Morgan fingerprint density at radius 2 is 1.62 bits per heavy atom. The van der Waals surface area contributed by atoms with Crippen molar-refractivity contribution in [3.63, 3.8) is 0 Å². The highest BCUT2D eigenvalue weighted by Gasteiger charge is 2.41. The number of carbonyl (C=O) groups excluding carboxylic acids is 4. The van der Waals surface area contributed by atoms with Crippen LogP contribution in [0.1, 0.15) is 96.1 Å². The Morgan fingerprint density at radius 3 is 2.38 bits per heavy atom. The quantitative estimate of drug-likeness (QED) is 0.113. The fraction of sp³-hybridized carbons (Fsp3) is 0.537. The van der Waals surface area contributed by atoms with Crippen molar-refractivity contribution in [1.29, 1.82) is 0 Å². The standard InChI is InChI=1S/C41H56N6O6/c1-5-28(3)37-41(51)46-24-16-15-23-36(46)40(50)42-33(21-12-8-11-19-31(6-2)45-53-27-29-17-9-7-10-18-29)38(48)43-34(39(49)44-37)25-30-26-47(52-4)35-22-14-13-20-32(30)35/h7,9-10,13-14,17-18,20,22,26,28,33-34,36-37H,5-6,8,11-12,15-16,19,21,23-25,27H2,1-4H3,(H,42,50)(H,43,48)(H,44,49)/b45-31+/t28?,33-,34-,36+,37-/m0/s1. The number of rotatable bonds is 15. The van der Waals surface area contributed by atoms with Crippen LogP contribution in [-0.2, 0) is 37.0 Å². The normalized spacial score (nSPS) is 22.2. The Bertz CT molecular complexity index is 1720. The van der Waals surface area contributed by atoms with Crippen LogP contribution < -0.4 is 20.8 Å². The molecule has 2 saturated heterocycles. The summed E-state index contributed by atoms with van der Waals surface area (Å²) in [5, 5.41) is 14.3. The van der Waals surface area contributed by atoms with Gasteiger partial charge in [0.1, 0.15) is 37.9 Å². The van der Waals surface area contributed by atoms with Gasteiger partial charge in [-0.2, -0.15) is 4.73 Å². The number of carbonyl (C=O) groups is 4. The number of amides is 4. The van der Waals surface area contributed by atoms with E-state index in [0.29, 0.717) is 38.8 Å². The molecule has 1 aromatic heterocycles. The Morgan fingerprint density at radius 1 is 0.887 bits per heavy atom. The molecule has 2 aliphatic heterocycles. The molecule has 3 N–H and O–H groups in total. The van der Waals surface area contributed by atoms with Crippen molar-refractivity contribution in [2.24, 2.45) is 11.1 Å². The lowest BCUT2D eigenvalue weighted by Crippen LogP contribution is -2.64. The van der Waals surface area contributed by atoms with Crippen molar-refractivity contribution in [3.05, 3.63) is 71.9 Å². The first kappa shape index (κ1) is 39.3. The molecule has 12 heteroatoms. The van der Waals surface area contributed by atoms with E-state index >= 15 is 0 Å². The summed E-state index contributed by atoms with van der Waals surface area (Å²) >= 11 is 0. The van der Waals surface area contributed by atoms with Gasteiger partial charge in [-0.25, -0.2) is 0 Å². The van der Waals surface area contributed by atoms with Gasteiger partial charge in [0.25, 0.3) is 0 Å². The number of para-hydroxylation sites is 1. The molecule has 286 valence electrons. The smallest absolute Gasteiger partial charge is 0.246 e. The average molecular weight is 729 g/mol. The van der Waals surface area contributed by atoms with Gasteiger partial charge in [-0.1, -0.05) is 93.7 Å². The lowest BCUT2D eigenvalue weighted by Gasteiger charge is -2.39. The molecule has 3 aromatic rings. The van der Waals surface area contributed by atoms with Crippen molar-refractivity contribution >= 4 is 40.2 Å². The van der Waals surface area contributed by atoms with Gasteiger partial charge in [-0.15, -0.1) is 0 Å². The molecule has 0 saturated carbocycles. The lowest BCUT2D eigenvalue weighted by molar-refractivity contribution is -0.147. The molecule has 0 radical (unpaired) electrons. The largest absolute Gasteiger partial charge is 0.417 e. The highest BCUT2D eigenvalue weighted by molar-refractivity contribution is 5.98. The highest BCUT2D eigenvalue weighted by atomic mass is 16.6. The van der Waals surface area contributed by atoms with Crippen LogP contribution in [0.4, 0.5) is 0 Å². The van der Waals surface area contributed by atoms with E-state index in [0.717, 1.165) is 66.3 Å². The second kappa shape index (κ2) is 19.3. The Kier molecular flexibility index (Phi) is 14.3. The van der Waals surface area contributed by atoms with Crippen molar-refractivity contribution in [2.75, 3.05) is 13.7 Å². The Balaban J connectivity index is 1.33. The molecule has 0 bridgehead atoms. The first-order chi connectivity index (χ1) is 25.7. The van der Waals surface area contributed by atoms with E-state index in [-0.39, 0.29) is 24.2 Å². The van der Waals surface area contributed by atoms with E-state index in [1.807, 2.05) is 74.6 Å². The maximum absolute atomic E-state index is 14.2. The molecule has 5 rings (SSSR count). The monoisotopic (exact) mass is 728 g/mol. The second-order valence-electron chi connectivity index (χ2n) is 14.3. The summed E-state index contributed by atoms with van der Waals surface area (Å²) in [7, 11) is 1.57. The molecule has 4 amide bonds. The third-order valence-electron chi connectivity index (χ3n) is 10.6. The van der Waals surface area contributed by atoms with E-state index in [1.165, 1.54) is 0 Å². The Hall–Kier alpha value is -4.87. The number of fused-ring (bicyclic) bond motifs is 2. The summed E-state index contributed by atoms with van der Waals surface area (Å²) in [4.78, 5) is 69.2. The van der Waals surface area contributed by atoms with E-state index in [2.05, 4.69) is 28.0 Å². The molecule has 3 heterocycles. The minimum Gasteiger partial charge on any atom is -0.417 e. The maximum Gasteiger partial charge on any atom is 0.246 e. The molecular formula is C41H56N6O6. The van der Waals surface area contributed by atoms with Gasteiger partial charge in [0.2, 0.25) is 23.6 Å². The number of benzene rings is 2. The van der Waals surface area contributed by atoms with Crippen LogP contribution in [0.15, 0.2) is 65.9 Å². The summed E-state index contributed by atoms with van der Waals surface area (Å²) < 4.78 is 1.63. The average Bonchev–Trinajstić information content (AvgIpc) is 3.54. The molecule has 5 atom stereocenters. The number of oxime groups is 1. The van der Waals surface area contributed by atoms with Gasteiger partial charge < -0.3 is 30.5 Å². The van der Waals surface area contributed by atoms with Gasteiger partial charge >= 0.3 is 0 Å². The van der Waals surface area contributed by atoms with Gasteiger partial charge in [0.05, 0.1) is 11.2 Å². The molecule has 1 unspecified atom stereocenters. The summed E-state index contributed by atoms with van der Waals surface area (Å²) in [6.45, 7) is 6.79. The zero-order valence-electron chi connectivity index (χ0n) is 31.6. The van der Waals surface area contributed by atoms with Crippen LogP contribution >= 0.6 is 0 Å². The van der Waals surface area contributed by atoms with Gasteiger partial charge in [-0.3, -0.25) is 19.2 Å². The van der Waals surface area contributed by atoms with Gasteiger partial charge in [-0.05, 0) is 68.1 Å². The molecule has 2 aromatic carbocycles. The number of nitrogens with zero attached hydrogens (tertiary/aromatic N) is 3. The number of piperidine rings is 1. The molecule has 53 heavy (non-hydrogen) atoms.